The van der Waals surface area contributed by atoms with Crippen LogP contribution >= 0.6 is 0 Å². The van der Waals surface area contributed by atoms with Gasteiger partial charge in [-0.05, 0) is 44.9 Å². The minimum atomic E-state index is -0.503. The molecule has 0 aliphatic carbocycles. The van der Waals surface area contributed by atoms with Crippen molar-refractivity contribution in [1.82, 2.24) is 4.90 Å². The van der Waals surface area contributed by atoms with E-state index in [9.17, 15) is 9.90 Å². The van der Waals surface area contributed by atoms with E-state index >= 15 is 0 Å². The van der Waals surface area contributed by atoms with Crippen LogP contribution in [0.25, 0.3) is 0 Å². The molecule has 112 valence electrons. The predicted octanol–water partition coefficient (Wildman–Crippen LogP) is 2.77. The summed E-state index contributed by atoms with van der Waals surface area (Å²) in [5.74, 6) is 0.637. The lowest BCUT2D eigenvalue weighted by atomic mass is 10.1. The highest BCUT2D eigenvalue weighted by Crippen LogP contribution is 2.20. The summed E-state index contributed by atoms with van der Waals surface area (Å²) in [7, 11) is 0. The van der Waals surface area contributed by atoms with Crippen LogP contribution in [-0.2, 0) is 4.79 Å². The van der Waals surface area contributed by atoms with Gasteiger partial charge in [0.15, 0.2) is 6.10 Å². The largest absolute Gasteiger partial charge is 0.481 e. The number of nitrogens with zero attached hydrogens (tertiary/aromatic N) is 1. The Labute approximate surface area is 121 Å². The minimum Gasteiger partial charge on any atom is -0.481 e. The first-order chi connectivity index (χ1) is 9.53. The summed E-state index contributed by atoms with van der Waals surface area (Å²) in [4.78, 5) is 13.8. The maximum Gasteiger partial charge on any atom is 0.263 e. The number of aliphatic hydroxyl groups excluding tert-OH is 1. The van der Waals surface area contributed by atoms with Crippen LogP contribution in [0.1, 0.15) is 45.8 Å². The highest BCUT2D eigenvalue weighted by atomic mass is 16.5. The first-order valence-electron chi connectivity index (χ1n) is 7.26. The van der Waals surface area contributed by atoms with Gasteiger partial charge in [-0.15, -0.1) is 0 Å². The normalized spacial score (nSPS) is 13.7. The van der Waals surface area contributed by atoms with Crippen molar-refractivity contribution in [2.75, 3.05) is 13.1 Å². The maximum absolute atomic E-state index is 12.1. The molecule has 1 N–H and O–H groups in total. The number of rotatable bonds is 7. The van der Waals surface area contributed by atoms with Gasteiger partial charge in [-0.3, -0.25) is 4.79 Å². The van der Waals surface area contributed by atoms with Gasteiger partial charge in [-0.1, -0.05) is 19.1 Å². The van der Waals surface area contributed by atoms with E-state index in [4.69, 9.17) is 4.74 Å². The number of amides is 1. The summed E-state index contributed by atoms with van der Waals surface area (Å²) in [6.07, 6.45) is -0.271. The molecule has 2 atom stereocenters. The number of carbonyl (C=O) groups is 1. The zero-order valence-electron chi connectivity index (χ0n) is 12.8. The van der Waals surface area contributed by atoms with E-state index in [1.807, 2.05) is 32.9 Å². The smallest absolute Gasteiger partial charge is 0.263 e. The average Bonchev–Trinajstić information content (AvgIpc) is 2.48. The second kappa shape index (κ2) is 7.90. The van der Waals surface area contributed by atoms with Crippen LogP contribution in [-0.4, -0.2) is 35.1 Å². The van der Waals surface area contributed by atoms with E-state index < -0.39 is 12.2 Å². The standard InChI is InChI=1S/C16H25NO3/c1-5-15(18)13-8-10-14(11-9-13)20-12(4)16(19)17(6-2)7-3/h8-12,15,18H,5-7H2,1-4H3/t12?,15-/m0/s1. The Morgan fingerprint density at radius 3 is 2.20 bits per heavy atom. The molecular weight excluding hydrogens is 254 g/mol. The summed E-state index contributed by atoms with van der Waals surface area (Å²) in [5.41, 5.74) is 0.863. The van der Waals surface area contributed by atoms with Crippen molar-refractivity contribution in [2.24, 2.45) is 0 Å². The number of benzene rings is 1. The summed E-state index contributed by atoms with van der Waals surface area (Å²) in [6.45, 7) is 8.97. The molecule has 1 unspecified atom stereocenters. The lowest BCUT2D eigenvalue weighted by molar-refractivity contribution is -0.137. The molecule has 1 rings (SSSR count). The third-order valence-electron chi connectivity index (χ3n) is 3.39. The van der Waals surface area contributed by atoms with Crippen molar-refractivity contribution in [1.29, 1.82) is 0 Å². The summed E-state index contributed by atoms with van der Waals surface area (Å²) < 4.78 is 5.66. The number of ether oxygens (including phenoxy) is 1. The van der Waals surface area contributed by atoms with Gasteiger partial charge < -0.3 is 14.7 Å². The average molecular weight is 279 g/mol. The molecule has 0 bridgehead atoms. The third kappa shape index (κ3) is 4.23. The van der Waals surface area contributed by atoms with Crippen molar-refractivity contribution in [3.63, 3.8) is 0 Å². The molecule has 0 aromatic heterocycles. The first-order valence-corrected chi connectivity index (χ1v) is 7.26. The summed E-state index contributed by atoms with van der Waals surface area (Å²) in [5, 5.41) is 9.73. The number of likely N-dealkylation sites (N-methyl/N-ethyl adjacent to an activating group) is 1. The van der Waals surface area contributed by atoms with Crippen LogP contribution < -0.4 is 4.74 Å². The van der Waals surface area contributed by atoms with Gasteiger partial charge in [0.1, 0.15) is 5.75 Å². The molecule has 1 aromatic rings. The lowest BCUT2D eigenvalue weighted by Crippen LogP contribution is -2.40. The molecule has 20 heavy (non-hydrogen) atoms. The fourth-order valence-electron chi connectivity index (χ4n) is 2.05. The van der Waals surface area contributed by atoms with Crippen LogP contribution in [0.2, 0.25) is 0 Å². The Balaban J connectivity index is 2.66. The van der Waals surface area contributed by atoms with Gasteiger partial charge in [0.2, 0.25) is 0 Å². The van der Waals surface area contributed by atoms with Crippen LogP contribution in [0.15, 0.2) is 24.3 Å². The van der Waals surface area contributed by atoms with Gasteiger partial charge in [0, 0.05) is 13.1 Å². The number of aliphatic hydroxyl groups is 1. The quantitative estimate of drug-likeness (QED) is 0.835. The highest BCUT2D eigenvalue weighted by molar-refractivity contribution is 5.80. The Bertz CT molecular complexity index is 412. The summed E-state index contributed by atoms with van der Waals surface area (Å²) >= 11 is 0. The SMILES string of the molecule is CC[C@H](O)c1ccc(OC(C)C(=O)N(CC)CC)cc1. The molecule has 0 spiro atoms. The van der Waals surface area contributed by atoms with Gasteiger partial charge in [0.05, 0.1) is 6.10 Å². The van der Waals surface area contributed by atoms with E-state index in [1.165, 1.54) is 0 Å². The molecule has 0 heterocycles. The second-order valence-corrected chi connectivity index (χ2v) is 4.76. The molecule has 4 nitrogen and oxygen atoms in total. The predicted molar refractivity (Wildman–Crippen MR) is 79.7 cm³/mol. The van der Waals surface area contributed by atoms with Gasteiger partial charge in [-0.25, -0.2) is 0 Å². The minimum absolute atomic E-state index is 0.00679. The maximum atomic E-state index is 12.1. The second-order valence-electron chi connectivity index (χ2n) is 4.76. The molecule has 0 aliphatic heterocycles. The monoisotopic (exact) mass is 279 g/mol. The van der Waals surface area contributed by atoms with E-state index in [0.29, 0.717) is 25.3 Å². The van der Waals surface area contributed by atoms with E-state index in [0.717, 1.165) is 5.56 Å². The van der Waals surface area contributed by atoms with E-state index in [1.54, 1.807) is 24.0 Å². The molecule has 0 saturated carbocycles. The molecule has 1 aromatic carbocycles. The molecule has 1 amide bonds. The van der Waals surface area contributed by atoms with Crippen molar-refractivity contribution in [3.05, 3.63) is 29.8 Å². The van der Waals surface area contributed by atoms with E-state index in [-0.39, 0.29) is 5.91 Å². The Kier molecular flexibility index (Phi) is 6.52. The highest BCUT2D eigenvalue weighted by Gasteiger charge is 2.19. The Hall–Kier alpha value is -1.55. The summed E-state index contributed by atoms with van der Waals surface area (Å²) in [6, 6.07) is 7.25. The topological polar surface area (TPSA) is 49.8 Å². The zero-order valence-corrected chi connectivity index (χ0v) is 12.8. The van der Waals surface area contributed by atoms with Crippen LogP contribution in [0.3, 0.4) is 0 Å². The molecule has 4 heteroatoms. The van der Waals surface area contributed by atoms with Crippen LogP contribution in [0.5, 0.6) is 5.75 Å². The van der Waals surface area contributed by atoms with Crippen molar-refractivity contribution >= 4 is 5.91 Å². The van der Waals surface area contributed by atoms with Crippen molar-refractivity contribution in [2.45, 2.75) is 46.3 Å². The van der Waals surface area contributed by atoms with Gasteiger partial charge in [-0.2, -0.15) is 0 Å². The number of hydrogen-bond donors (Lipinski definition) is 1. The van der Waals surface area contributed by atoms with Crippen molar-refractivity contribution < 1.29 is 14.6 Å². The Morgan fingerprint density at radius 2 is 1.75 bits per heavy atom. The van der Waals surface area contributed by atoms with Crippen LogP contribution in [0, 0.1) is 0 Å². The fourth-order valence-corrected chi connectivity index (χ4v) is 2.05. The van der Waals surface area contributed by atoms with Gasteiger partial charge in [0.25, 0.3) is 5.91 Å². The van der Waals surface area contributed by atoms with Gasteiger partial charge >= 0.3 is 0 Å². The number of carbonyl (C=O) groups excluding carboxylic acids is 1. The van der Waals surface area contributed by atoms with E-state index in [2.05, 4.69) is 0 Å². The fraction of sp³-hybridized carbons (Fsp3) is 0.562. The molecule has 0 saturated heterocycles. The third-order valence-corrected chi connectivity index (χ3v) is 3.39. The first kappa shape index (κ1) is 16.5. The molecular formula is C16H25NO3. The zero-order chi connectivity index (χ0) is 15.1. The lowest BCUT2D eigenvalue weighted by Gasteiger charge is -2.23. The van der Waals surface area contributed by atoms with Crippen LogP contribution in [0.4, 0.5) is 0 Å². The molecule has 0 fully saturated rings. The van der Waals surface area contributed by atoms with Crippen molar-refractivity contribution in [3.8, 4) is 5.75 Å². The Morgan fingerprint density at radius 1 is 1.20 bits per heavy atom. The molecule has 0 aliphatic rings. The molecule has 0 radical (unpaired) electrons. The number of hydrogen-bond acceptors (Lipinski definition) is 3.